The minimum Gasteiger partial charge on any atom is -0.487 e. The zero-order chi connectivity index (χ0) is 57.7. The average Bonchev–Trinajstić information content (AvgIpc) is 3.52. The Morgan fingerprint density at radius 3 is 1.86 bits per heavy atom. The monoisotopic (exact) mass is 1250 g/mol. The van der Waals surface area contributed by atoms with Crippen molar-refractivity contribution in [2.45, 2.75) is 234 Å². The Kier molecular flexibility index (Phi) is 25.4. The predicted molar refractivity (Wildman–Crippen MR) is 291 cm³/mol. The lowest BCUT2D eigenvalue weighted by molar-refractivity contribution is -0.432. The van der Waals surface area contributed by atoms with Crippen LogP contribution in [0.25, 0.3) is 0 Å². The molecule has 19 unspecified atom stereocenters. The number of aliphatic imine (C=N–C) groups is 1. The van der Waals surface area contributed by atoms with Crippen LogP contribution in [0.5, 0.6) is 0 Å². The lowest BCUT2D eigenvalue weighted by Gasteiger charge is -2.50. The third-order valence-electron chi connectivity index (χ3n) is 17.6. The molecule has 8 fully saturated rings. The van der Waals surface area contributed by atoms with Gasteiger partial charge in [0.05, 0.1) is 66.1 Å². The van der Waals surface area contributed by atoms with Gasteiger partial charge in [-0.3, -0.25) is 40.7 Å². The van der Waals surface area contributed by atoms with Crippen LogP contribution in [0.2, 0.25) is 0 Å². The van der Waals surface area contributed by atoms with Crippen molar-refractivity contribution < 1.29 is 89.5 Å². The van der Waals surface area contributed by atoms with Crippen LogP contribution < -0.4 is 26.6 Å². The van der Waals surface area contributed by atoms with E-state index >= 15 is 0 Å². The Bertz CT molecular complexity index is 2290. The van der Waals surface area contributed by atoms with Gasteiger partial charge in [0.1, 0.15) is 23.9 Å². The fourth-order valence-corrected chi connectivity index (χ4v) is 18.1. The van der Waals surface area contributed by atoms with Crippen LogP contribution >= 0.6 is 36.1 Å². The van der Waals surface area contributed by atoms with Gasteiger partial charge in [0.2, 0.25) is 0 Å². The van der Waals surface area contributed by atoms with E-state index in [2.05, 4.69) is 46.0 Å². The number of aliphatic hydroxyl groups excluding tert-OH is 2. The molecular formula is C45H80N12O19S5. The van der Waals surface area contributed by atoms with E-state index < -0.39 is 109 Å². The van der Waals surface area contributed by atoms with E-state index in [1.54, 1.807) is 0 Å². The maximum absolute atomic E-state index is 13.4. The summed E-state index contributed by atoms with van der Waals surface area (Å²) >= 11 is 2.83. The maximum atomic E-state index is 13.4. The van der Waals surface area contributed by atoms with Crippen molar-refractivity contribution >= 4 is 62.8 Å². The van der Waals surface area contributed by atoms with Crippen LogP contribution in [0.3, 0.4) is 0 Å². The first kappa shape index (κ1) is 65.4. The van der Waals surface area contributed by atoms with Crippen LogP contribution in [-0.2, 0) is 57.8 Å². The van der Waals surface area contributed by atoms with Crippen LogP contribution in [0, 0.1) is 23.7 Å². The summed E-state index contributed by atoms with van der Waals surface area (Å²) in [6, 6.07) is -3.61. The number of hydrogen-bond donors (Lipinski definition) is 12. The molecule has 0 spiro atoms. The Hall–Kier alpha value is -1.54. The van der Waals surface area contributed by atoms with Gasteiger partial charge < -0.3 is 19.7 Å². The molecule has 0 bridgehead atoms. The van der Waals surface area contributed by atoms with Gasteiger partial charge in [-0.25, -0.2) is 15.8 Å². The topological polar surface area (TPSA) is 430 Å². The molecule has 36 heteroatoms. The maximum Gasteiger partial charge on any atom is 0.269 e. The normalized spacial score (nSPS) is 42.1. The first-order valence-electron chi connectivity index (χ1n) is 27.9. The fraction of sp³-hybridized carbons (Fsp3) is 0.978. The smallest absolute Gasteiger partial charge is 0.269 e. The Labute approximate surface area is 483 Å². The summed E-state index contributed by atoms with van der Waals surface area (Å²) in [7, 11) is -7.49. The van der Waals surface area contributed by atoms with Crippen molar-refractivity contribution in [1.29, 1.82) is 0 Å². The summed E-state index contributed by atoms with van der Waals surface area (Å²) < 4.78 is 96.7. The lowest BCUT2D eigenvalue weighted by Crippen LogP contribution is -2.77. The minimum absolute atomic E-state index is 0.0214. The Morgan fingerprint density at radius 2 is 1.20 bits per heavy atom. The molecule has 19 atom stereocenters. The van der Waals surface area contributed by atoms with E-state index in [0.717, 1.165) is 81.9 Å². The van der Waals surface area contributed by atoms with Crippen LogP contribution in [0.1, 0.15) is 122 Å². The number of azo groups is 3. The number of nitrogens with zero attached hydrogens (tertiary/aromatic N) is 7. The van der Waals surface area contributed by atoms with E-state index in [4.69, 9.17) is 64.3 Å². The second kappa shape index (κ2) is 31.4. The molecule has 8 aliphatic rings. The van der Waals surface area contributed by atoms with Crippen molar-refractivity contribution in [3.8, 4) is 0 Å². The summed E-state index contributed by atoms with van der Waals surface area (Å²) in [6.45, 7) is 2.21. The molecule has 0 aromatic heterocycles. The number of hydrogen-bond acceptors (Lipinski definition) is 32. The number of nitrogens with one attached hydrogen (secondary N) is 5. The molecule has 0 aromatic rings. The van der Waals surface area contributed by atoms with Gasteiger partial charge in [0, 0.05) is 71.7 Å². The number of ether oxygens (including phenoxy) is 2. The highest BCUT2D eigenvalue weighted by molar-refractivity contribution is 7.95. The number of methoxy groups -OCH3 is 1. The average molecular weight is 1250 g/mol. The highest BCUT2D eigenvalue weighted by Crippen LogP contribution is 2.49. The first-order chi connectivity index (χ1) is 39.0. The van der Waals surface area contributed by atoms with Gasteiger partial charge in [-0.05, 0) is 140 Å². The summed E-state index contributed by atoms with van der Waals surface area (Å²) in [5.41, 5.74) is 0. The van der Waals surface area contributed by atoms with E-state index in [9.17, 15) is 41.4 Å². The lowest BCUT2D eigenvalue weighted by atomic mass is 9.66. The molecule has 1 saturated heterocycles. The van der Waals surface area contributed by atoms with Crippen molar-refractivity contribution in [3.63, 3.8) is 0 Å². The van der Waals surface area contributed by atoms with Gasteiger partial charge in [-0.2, -0.15) is 47.5 Å². The van der Waals surface area contributed by atoms with E-state index in [1.165, 1.54) is 13.5 Å². The van der Waals surface area contributed by atoms with Crippen LogP contribution in [-0.4, -0.2) is 184 Å². The molecule has 464 valence electrons. The third kappa shape index (κ3) is 18.0. The van der Waals surface area contributed by atoms with Crippen molar-refractivity contribution in [1.82, 2.24) is 26.6 Å². The molecule has 1 heterocycles. The predicted octanol–water partition coefficient (Wildman–Crippen LogP) is 4.31. The van der Waals surface area contributed by atoms with E-state index in [0.29, 0.717) is 50.8 Å². The number of aliphatic hydroxyl groups is 2. The van der Waals surface area contributed by atoms with Gasteiger partial charge in [0.15, 0.2) is 12.8 Å². The van der Waals surface area contributed by atoms with Crippen molar-refractivity contribution in [3.05, 3.63) is 0 Å². The summed E-state index contributed by atoms with van der Waals surface area (Å²) in [5, 5.41) is 103. The minimum atomic E-state index is -4.82. The first-order valence-corrected chi connectivity index (χ1v) is 33.3. The molecule has 12 N–H and O–H groups in total. The zero-order valence-electron chi connectivity index (χ0n) is 45.0. The molecule has 7 aliphatic carbocycles. The largest absolute Gasteiger partial charge is 0.487 e. The number of fused-ring (bicyclic) bond motifs is 2. The summed E-state index contributed by atoms with van der Waals surface area (Å²) in [5.74, 6) is -1.28. The molecule has 81 heavy (non-hydrogen) atoms. The quantitative estimate of drug-likeness (QED) is 0.0115. The molecule has 7 saturated carbocycles. The van der Waals surface area contributed by atoms with Crippen molar-refractivity contribution in [2.75, 3.05) is 13.7 Å². The zero-order valence-corrected chi connectivity index (χ0v) is 49.1. The van der Waals surface area contributed by atoms with Gasteiger partial charge >= 0.3 is 0 Å². The standard InChI is InChI=1S/C45H80N12O19S5/c1-3-70-38-21-36(55-54-32-16-17-33(30-18-26(78-75-72-61)10-13-28(30)32)53-52-24-4-8-25(9-5-24)77-74-71-60)35(46-22-69-2)20-37(38)56-57-40-39(79-76-73-62)19-31-29(41(40)58)14-15-34(42(31)81(66,67)68)48-44-49-43(50-45(59)51-44)47-23-6-11-27(12-7-23)80(63,64)65/h22-45,47-51,58-62H,3-21H2,1-2H3,(H,63,64,65)(H,66,67,68). The SMILES string of the molecule is CCOC1CC(N=NC2CCC(N=NC3CCC(SOOO)CC3)C3CC(SOOO)CCC23)C(N=COC)CC1N=NC1C(SOOO)CC2C(CCC(NC3NC(O)NC(NC4CCC(S(=O)(=O)O)CC4)N3)C2S(=O)(=O)O)C1O. The second-order valence-corrected chi connectivity index (χ2v) is 28.5. The third-order valence-corrected chi connectivity index (χ3v) is 22.9. The molecule has 0 amide bonds. The number of rotatable bonds is 25. The molecule has 0 aromatic carbocycles. The molecule has 8 rings (SSSR count). The summed E-state index contributed by atoms with van der Waals surface area (Å²) in [6.07, 6.45) is 6.48. The summed E-state index contributed by atoms with van der Waals surface area (Å²) in [4.78, 5) is 4.74. The van der Waals surface area contributed by atoms with Gasteiger partial charge in [0.25, 0.3) is 20.2 Å². The second-order valence-electron chi connectivity index (χ2n) is 22.3. The molecular weight excluding hydrogens is 1170 g/mol. The molecule has 31 nitrogen and oxygen atoms in total. The van der Waals surface area contributed by atoms with Crippen LogP contribution in [0.4, 0.5) is 0 Å². The molecule has 1 aliphatic heterocycles. The van der Waals surface area contributed by atoms with E-state index in [-0.39, 0.29) is 72.2 Å². The van der Waals surface area contributed by atoms with Crippen LogP contribution in [0.15, 0.2) is 35.7 Å². The Morgan fingerprint density at radius 1 is 0.580 bits per heavy atom. The molecule has 0 radical (unpaired) electrons. The van der Waals surface area contributed by atoms with E-state index in [1.807, 2.05) is 6.92 Å². The fourth-order valence-electron chi connectivity index (χ4n) is 13.8. The van der Waals surface area contributed by atoms with Gasteiger partial charge in [-0.15, -0.1) is 13.0 Å². The Balaban J connectivity index is 0.930. The highest BCUT2D eigenvalue weighted by Gasteiger charge is 2.56. The van der Waals surface area contributed by atoms with Gasteiger partial charge in [-0.1, -0.05) is 15.1 Å². The highest BCUT2D eigenvalue weighted by atomic mass is 32.2. The van der Waals surface area contributed by atoms with Crippen molar-refractivity contribution in [2.24, 2.45) is 59.3 Å².